The summed E-state index contributed by atoms with van der Waals surface area (Å²) < 4.78 is 19.7. The van der Waals surface area contributed by atoms with Crippen LogP contribution in [0.2, 0.25) is 0 Å². The van der Waals surface area contributed by atoms with Gasteiger partial charge in [-0.05, 0) is 58.0 Å². The van der Waals surface area contributed by atoms with Gasteiger partial charge in [-0.1, -0.05) is 12.2 Å². The van der Waals surface area contributed by atoms with Crippen LogP contribution in [0.5, 0.6) is 5.75 Å². The van der Waals surface area contributed by atoms with Crippen LogP contribution in [0.25, 0.3) is 27.8 Å². The first kappa shape index (κ1) is 41.2. The molecule has 4 amide bonds. The number of anilines is 3. The van der Waals surface area contributed by atoms with Crippen LogP contribution in [0.3, 0.4) is 0 Å². The van der Waals surface area contributed by atoms with Crippen molar-refractivity contribution >= 4 is 63.3 Å². The fraction of sp³-hybridized carbons (Fsp3) is 0.405. The fourth-order valence-corrected chi connectivity index (χ4v) is 9.03. The van der Waals surface area contributed by atoms with E-state index in [0.717, 1.165) is 39.3 Å². The summed E-state index contributed by atoms with van der Waals surface area (Å²) in [5, 5.41) is 19.1. The van der Waals surface area contributed by atoms with E-state index in [9.17, 15) is 19.2 Å². The van der Waals surface area contributed by atoms with Crippen LogP contribution in [0.1, 0.15) is 73.6 Å². The molecular formula is C42H50N15O6+. The first-order chi connectivity index (χ1) is 30.3. The predicted octanol–water partition coefficient (Wildman–Crippen LogP) is 2.13. The number of nitrogens with two attached hydrogens (primary N) is 2. The van der Waals surface area contributed by atoms with E-state index in [1.807, 2.05) is 30.6 Å². The van der Waals surface area contributed by atoms with Crippen molar-refractivity contribution in [1.29, 1.82) is 0 Å². The molecule has 0 unspecified atom stereocenters. The average molecular weight is 861 g/mol. The maximum atomic E-state index is 14.8. The number of rotatable bonds is 9. The number of amides is 4. The normalized spacial score (nSPS) is 16.8. The van der Waals surface area contributed by atoms with Crippen LogP contribution >= 0.6 is 0 Å². The number of likely N-dealkylation sites (tertiary alicyclic amines) is 1. The molecule has 21 nitrogen and oxygen atoms in total. The van der Waals surface area contributed by atoms with E-state index in [1.165, 1.54) is 13.2 Å². The topological polar surface area (TPSA) is 253 Å². The van der Waals surface area contributed by atoms with E-state index in [2.05, 4.69) is 20.9 Å². The molecule has 0 aliphatic carbocycles. The summed E-state index contributed by atoms with van der Waals surface area (Å²) in [5.41, 5.74) is 15.8. The highest BCUT2D eigenvalue weighted by Gasteiger charge is 2.44. The average Bonchev–Trinajstić information content (AvgIpc) is 4.06. The Bertz CT molecular complexity index is 2900. The zero-order valence-corrected chi connectivity index (χ0v) is 35.8. The summed E-state index contributed by atoms with van der Waals surface area (Å²) in [6, 6.07) is 6.42. The predicted molar refractivity (Wildman–Crippen MR) is 231 cm³/mol. The van der Waals surface area contributed by atoms with Crippen molar-refractivity contribution in [2.45, 2.75) is 60.3 Å². The number of nitrogens with one attached hydrogen (secondary N) is 3. The Balaban J connectivity index is 1.22. The van der Waals surface area contributed by atoms with E-state index < -0.39 is 23.6 Å². The molecule has 0 saturated carbocycles. The molecule has 3 aliphatic heterocycles. The number of carbonyl (C=O) groups is 4. The molecule has 2 saturated heterocycles. The Morgan fingerprint density at radius 2 is 1.52 bits per heavy atom. The van der Waals surface area contributed by atoms with Gasteiger partial charge >= 0.3 is 11.7 Å². The molecule has 2 aromatic carbocycles. The number of nitrogens with zero attached hydrogens (tertiary/aromatic N) is 10. The minimum absolute atomic E-state index is 0.112. The second kappa shape index (κ2) is 16.0. The summed E-state index contributed by atoms with van der Waals surface area (Å²) in [4.78, 5) is 66.6. The molecule has 9 rings (SSSR count). The SMILES string of the molecule is CCn1nc(C)c2c1C(=O)Nc1nc3cc(C(N)=O)cc(NCCN4CCC5(COC5)C4)c3n1C/C=C/Cn1c(nc3cc(C(N)=O)cc(OC)c31)NC(=O)c1n(CC)nc(C)[n+]1-2. The molecule has 1 spiro atoms. The van der Waals surface area contributed by atoms with Crippen LogP contribution in [0, 0.1) is 19.3 Å². The van der Waals surface area contributed by atoms with E-state index in [4.69, 9.17) is 41.1 Å². The number of aryl methyl sites for hydroxylation is 4. The second-order valence-electron chi connectivity index (χ2n) is 16.2. The van der Waals surface area contributed by atoms with Gasteiger partial charge in [-0.2, -0.15) is 9.67 Å². The van der Waals surface area contributed by atoms with Crippen molar-refractivity contribution < 1.29 is 33.2 Å². The maximum Gasteiger partial charge on any atom is 0.331 e. The summed E-state index contributed by atoms with van der Waals surface area (Å²) in [5.74, 6) is -1.17. The number of fused-ring (bicyclic) bond motifs is 9. The second-order valence-corrected chi connectivity index (χ2v) is 16.2. The van der Waals surface area contributed by atoms with E-state index in [1.54, 1.807) is 50.5 Å². The largest absolute Gasteiger partial charge is 0.494 e. The van der Waals surface area contributed by atoms with Gasteiger partial charge in [0.2, 0.25) is 23.7 Å². The number of allylic oxidation sites excluding steroid dienone is 2. The number of imidazole rings is 2. The van der Waals surface area contributed by atoms with Crippen molar-refractivity contribution in [3.05, 3.63) is 70.6 Å². The Labute approximate surface area is 361 Å². The zero-order valence-electron chi connectivity index (χ0n) is 35.8. The molecule has 3 aliphatic rings. The van der Waals surface area contributed by atoms with Crippen molar-refractivity contribution in [1.82, 2.24) is 43.6 Å². The number of hydrogen-bond donors (Lipinski definition) is 5. The third-order valence-corrected chi connectivity index (χ3v) is 12.1. The molecule has 21 heteroatoms. The van der Waals surface area contributed by atoms with Gasteiger partial charge in [0.15, 0.2) is 11.4 Å². The zero-order chi connectivity index (χ0) is 44.3. The van der Waals surface area contributed by atoms with Crippen LogP contribution in [0.4, 0.5) is 17.6 Å². The Morgan fingerprint density at radius 1 is 0.889 bits per heavy atom. The first-order valence-electron chi connectivity index (χ1n) is 20.9. The molecule has 7 heterocycles. The first-order valence-corrected chi connectivity index (χ1v) is 20.9. The van der Waals surface area contributed by atoms with Crippen LogP contribution in [-0.2, 0) is 30.9 Å². The molecule has 328 valence electrons. The Hall–Kier alpha value is -7.13. The number of methoxy groups -OCH3 is 1. The van der Waals surface area contributed by atoms with Gasteiger partial charge in [-0.15, -0.1) is 4.68 Å². The molecule has 0 radical (unpaired) electrons. The van der Waals surface area contributed by atoms with Gasteiger partial charge in [0.1, 0.15) is 17.8 Å². The van der Waals surface area contributed by atoms with Crippen LogP contribution in [0.15, 0.2) is 36.4 Å². The summed E-state index contributed by atoms with van der Waals surface area (Å²) in [6.45, 7) is 13.1. The lowest BCUT2D eigenvalue weighted by Crippen LogP contribution is -2.45. The summed E-state index contributed by atoms with van der Waals surface area (Å²) in [7, 11) is 1.48. The minimum atomic E-state index is -0.667. The molecule has 7 N–H and O–H groups in total. The van der Waals surface area contributed by atoms with Crippen molar-refractivity contribution in [3.63, 3.8) is 0 Å². The number of hydrogen-bond acceptors (Lipinski definition) is 12. The summed E-state index contributed by atoms with van der Waals surface area (Å²) in [6.07, 6.45) is 4.88. The molecule has 4 aromatic heterocycles. The van der Waals surface area contributed by atoms with Gasteiger partial charge in [-0.3, -0.25) is 34.5 Å². The maximum absolute atomic E-state index is 14.8. The highest BCUT2D eigenvalue weighted by Crippen LogP contribution is 2.38. The standard InChI is InChI=1S/C42H49N15O6/c1-6-55-34-31(23(3)50-55)57-24(4)51-56(7-2)39(57)38(61)49-41-47-29-18-26(36(44)59)19-30(62-5)33(29)54(41)13-9-8-12-53-32-27(45-11-15-52-14-10-42(20-52)21-63-22-42)16-25(35(43)58)17-28(32)46-40(53)48-37(34)60/h8-9,16-19,45H,6-7,10-15,20-22H2,1-5H3,(H5-,43,44,46,47,48,49,58,59,60,61)/p+1/b9-8+. The molecule has 0 bridgehead atoms. The van der Waals surface area contributed by atoms with E-state index in [-0.39, 0.29) is 53.0 Å². The summed E-state index contributed by atoms with van der Waals surface area (Å²) >= 11 is 0. The Morgan fingerprint density at radius 3 is 2.13 bits per heavy atom. The van der Waals surface area contributed by atoms with Crippen molar-refractivity contribution in [3.8, 4) is 11.4 Å². The third kappa shape index (κ3) is 7.11. The smallest absolute Gasteiger partial charge is 0.331 e. The number of carbonyl (C=O) groups excluding carboxylic acids is 4. The number of benzene rings is 2. The lowest BCUT2D eigenvalue weighted by molar-refractivity contribution is -0.606. The highest BCUT2D eigenvalue weighted by molar-refractivity contribution is 6.07. The van der Waals surface area contributed by atoms with Gasteiger partial charge in [0, 0.05) is 67.8 Å². The minimum Gasteiger partial charge on any atom is -0.494 e. The molecule has 2 fully saturated rings. The van der Waals surface area contributed by atoms with Gasteiger partial charge in [0.25, 0.3) is 11.7 Å². The Kier molecular flexibility index (Phi) is 10.4. The monoisotopic (exact) mass is 860 g/mol. The lowest BCUT2D eigenvalue weighted by Gasteiger charge is -2.37. The third-order valence-electron chi connectivity index (χ3n) is 12.1. The lowest BCUT2D eigenvalue weighted by atomic mass is 9.85. The number of ether oxygens (including phenoxy) is 2. The van der Waals surface area contributed by atoms with Crippen molar-refractivity contribution in [2.75, 3.05) is 62.5 Å². The van der Waals surface area contributed by atoms with Crippen LogP contribution < -0.4 is 36.7 Å². The number of aromatic nitrogens is 9. The van der Waals surface area contributed by atoms with Gasteiger partial charge < -0.3 is 40.3 Å². The number of primary amides is 2. The molecule has 6 aromatic rings. The van der Waals surface area contributed by atoms with Gasteiger partial charge in [0.05, 0.1) is 48.3 Å². The van der Waals surface area contributed by atoms with Crippen molar-refractivity contribution in [2.24, 2.45) is 16.9 Å². The molecular weight excluding hydrogens is 811 g/mol. The quantitative estimate of drug-likeness (QED) is 0.104. The van der Waals surface area contributed by atoms with Crippen LogP contribution in [-0.4, -0.2) is 114 Å². The molecule has 63 heavy (non-hydrogen) atoms. The van der Waals surface area contributed by atoms with E-state index >= 15 is 0 Å². The highest BCUT2D eigenvalue weighted by atomic mass is 16.5. The fourth-order valence-electron chi connectivity index (χ4n) is 9.03. The van der Waals surface area contributed by atoms with E-state index in [0.29, 0.717) is 70.3 Å². The van der Waals surface area contributed by atoms with Gasteiger partial charge in [-0.25, -0.2) is 9.97 Å². The molecule has 0 atom stereocenters.